The zero-order valence-corrected chi connectivity index (χ0v) is 8.33. The first-order chi connectivity index (χ1) is 6.75. The Balaban J connectivity index is 2.04. The molecule has 1 aromatic rings. The molecule has 0 fully saturated rings. The molecule has 72 valence electrons. The number of nitrogens with two attached hydrogens (primary N) is 1. The first kappa shape index (κ1) is 9.27. The SMILES string of the molecule is NC1=NC(=O)[C@H](Cc2ccccc2)S1. The van der Waals surface area contributed by atoms with Gasteiger partial charge in [0.25, 0.3) is 5.91 Å². The molecule has 14 heavy (non-hydrogen) atoms. The van der Waals surface area contributed by atoms with Crippen LogP contribution in [0.25, 0.3) is 0 Å². The summed E-state index contributed by atoms with van der Waals surface area (Å²) in [5.41, 5.74) is 6.60. The minimum atomic E-state index is -0.127. The molecule has 4 heteroatoms. The van der Waals surface area contributed by atoms with Gasteiger partial charge in [-0.05, 0) is 12.0 Å². The molecule has 0 unspecified atom stereocenters. The number of nitrogens with zero attached hydrogens (tertiary/aromatic N) is 1. The minimum absolute atomic E-state index is 0.114. The highest BCUT2D eigenvalue weighted by molar-refractivity contribution is 8.15. The van der Waals surface area contributed by atoms with E-state index in [9.17, 15) is 4.79 Å². The number of hydrogen-bond donors (Lipinski definition) is 1. The van der Waals surface area contributed by atoms with E-state index in [0.717, 1.165) is 5.56 Å². The lowest BCUT2D eigenvalue weighted by atomic mass is 10.1. The van der Waals surface area contributed by atoms with Crippen molar-refractivity contribution in [3.63, 3.8) is 0 Å². The van der Waals surface area contributed by atoms with Gasteiger partial charge in [-0.15, -0.1) is 0 Å². The fourth-order valence-corrected chi connectivity index (χ4v) is 2.22. The van der Waals surface area contributed by atoms with Crippen LogP contribution in [0.3, 0.4) is 0 Å². The molecule has 0 saturated carbocycles. The van der Waals surface area contributed by atoms with Gasteiger partial charge >= 0.3 is 0 Å². The molecule has 0 bridgehead atoms. The first-order valence-electron chi connectivity index (χ1n) is 4.34. The average Bonchev–Trinajstić information content (AvgIpc) is 2.47. The summed E-state index contributed by atoms with van der Waals surface area (Å²) in [6.07, 6.45) is 0.703. The third-order valence-corrected chi connectivity index (χ3v) is 3.01. The Morgan fingerprint density at radius 3 is 2.64 bits per heavy atom. The highest BCUT2D eigenvalue weighted by Crippen LogP contribution is 2.23. The fourth-order valence-electron chi connectivity index (χ4n) is 1.36. The summed E-state index contributed by atoms with van der Waals surface area (Å²) >= 11 is 1.35. The number of carbonyl (C=O) groups is 1. The normalized spacial score (nSPS) is 21.0. The summed E-state index contributed by atoms with van der Waals surface area (Å²) in [5, 5.41) is 0.258. The van der Waals surface area contributed by atoms with E-state index in [4.69, 9.17) is 5.73 Å². The van der Waals surface area contributed by atoms with Crippen LogP contribution in [0, 0.1) is 0 Å². The summed E-state index contributed by atoms with van der Waals surface area (Å²) in [6, 6.07) is 9.88. The second-order valence-corrected chi connectivity index (χ2v) is 4.31. The maximum atomic E-state index is 11.3. The van der Waals surface area contributed by atoms with Gasteiger partial charge in [0.05, 0.1) is 5.25 Å². The Morgan fingerprint density at radius 2 is 2.07 bits per heavy atom. The fraction of sp³-hybridized carbons (Fsp3) is 0.200. The van der Waals surface area contributed by atoms with Crippen LogP contribution in [-0.2, 0) is 11.2 Å². The van der Waals surface area contributed by atoms with Crippen molar-refractivity contribution in [2.45, 2.75) is 11.7 Å². The number of hydrogen-bond acceptors (Lipinski definition) is 3. The van der Waals surface area contributed by atoms with Gasteiger partial charge in [0, 0.05) is 0 Å². The predicted molar refractivity (Wildman–Crippen MR) is 58.2 cm³/mol. The lowest BCUT2D eigenvalue weighted by Gasteiger charge is -2.05. The third kappa shape index (κ3) is 1.96. The Labute approximate surface area is 86.4 Å². The van der Waals surface area contributed by atoms with Crippen LogP contribution in [0.2, 0.25) is 0 Å². The van der Waals surface area contributed by atoms with E-state index in [0.29, 0.717) is 11.6 Å². The molecule has 1 heterocycles. The van der Waals surface area contributed by atoms with Gasteiger partial charge in [-0.3, -0.25) is 4.79 Å². The topological polar surface area (TPSA) is 55.4 Å². The molecule has 0 aromatic heterocycles. The van der Waals surface area contributed by atoms with E-state index in [1.165, 1.54) is 11.8 Å². The Kier molecular flexibility index (Phi) is 2.54. The summed E-state index contributed by atoms with van der Waals surface area (Å²) in [7, 11) is 0. The molecule has 0 spiro atoms. The second-order valence-electron chi connectivity index (χ2n) is 3.08. The van der Waals surface area contributed by atoms with Crippen molar-refractivity contribution in [1.82, 2.24) is 0 Å². The molecule has 1 amide bonds. The van der Waals surface area contributed by atoms with E-state index < -0.39 is 0 Å². The molecule has 0 saturated heterocycles. The number of amidine groups is 1. The maximum absolute atomic E-state index is 11.3. The monoisotopic (exact) mass is 206 g/mol. The van der Waals surface area contributed by atoms with Crippen molar-refractivity contribution in [2.24, 2.45) is 10.7 Å². The van der Waals surface area contributed by atoms with Crippen LogP contribution in [0.4, 0.5) is 0 Å². The van der Waals surface area contributed by atoms with E-state index in [1.807, 2.05) is 30.3 Å². The van der Waals surface area contributed by atoms with Crippen molar-refractivity contribution in [2.75, 3.05) is 0 Å². The smallest absolute Gasteiger partial charge is 0.261 e. The van der Waals surface area contributed by atoms with E-state index in [1.54, 1.807) is 0 Å². The number of thioether (sulfide) groups is 1. The largest absolute Gasteiger partial charge is 0.378 e. The number of benzene rings is 1. The highest BCUT2D eigenvalue weighted by Gasteiger charge is 2.26. The number of amides is 1. The molecule has 1 atom stereocenters. The van der Waals surface area contributed by atoms with Gasteiger partial charge < -0.3 is 5.73 Å². The van der Waals surface area contributed by atoms with E-state index in [-0.39, 0.29) is 11.2 Å². The summed E-state index contributed by atoms with van der Waals surface area (Å²) in [4.78, 5) is 15.0. The first-order valence-corrected chi connectivity index (χ1v) is 5.22. The summed E-state index contributed by atoms with van der Waals surface area (Å²) in [5.74, 6) is -0.114. The molecule has 3 nitrogen and oxygen atoms in total. The second kappa shape index (κ2) is 3.84. The van der Waals surface area contributed by atoms with Crippen molar-refractivity contribution >= 4 is 22.8 Å². The van der Waals surface area contributed by atoms with Gasteiger partial charge in [0.2, 0.25) is 0 Å². The molecular weight excluding hydrogens is 196 g/mol. The zero-order chi connectivity index (χ0) is 9.97. The number of aliphatic imine (C=N–C) groups is 1. The van der Waals surface area contributed by atoms with Gasteiger partial charge in [-0.2, -0.15) is 4.99 Å². The van der Waals surface area contributed by atoms with Gasteiger partial charge in [-0.1, -0.05) is 42.1 Å². The standard InChI is InChI=1S/C10H10N2OS/c11-10-12-9(13)8(14-10)6-7-4-2-1-3-5-7/h1-5,8H,6H2,(H2,11,12,13)/t8-/m0/s1. The van der Waals surface area contributed by atoms with Crippen LogP contribution in [0.1, 0.15) is 5.56 Å². The third-order valence-electron chi connectivity index (χ3n) is 2.02. The van der Waals surface area contributed by atoms with Crippen LogP contribution < -0.4 is 5.73 Å². The lowest BCUT2D eigenvalue weighted by Crippen LogP contribution is -2.14. The quantitative estimate of drug-likeness (QED) is 0.790. The Bertz CT molecular complexity index is 375. The molecule has 2 rings (SSSR count). The molecule has 0 radical (unpaired) electrons. The molecule has 1 aliphatic rings. The van der Waals surface area contributed by atoms with Crippen LogP contribution in [0.5, 0.6) is 0 Å². The van der Waals surface area contributed by atoms with Crippen molar-refractivity contribution in [3.8, 4) is 0 Å². The molecule has 0 aliphatic carbocycles. The molecule has 1 aliphatic heterocycles. The van der Waals surface area contributed by atoms with Crippen molar-refractivity contribution < 1.29 is 4.79 Å². The van der Waals surface area contributed by atoms with Crippen LogP contribution in [0.15, 0.2) is 35.3 Å². The summed E-state index contributed by atoms with van der Waals surface area (Å²) in [6.45, 7) is 0. The highest BCUT2D eigenvalue weighted by atomic mass is 32.2. The Hall–Kier alpha value is -1.29. The molecule has 1 aromatic carbocycles. The van der Waals surface area contributed by atoms with Crippen LogP contribution >= 0.6 is 11.8 Å². The van der Waals surface area contributed by atoms with Gasteiger partial charge in [0.1, 0.15) is 0 Å². The number of carbonyl (C=O) groups excluding carboxylic acids is 1. The van der Waals surface area contributed by atoms with E-state index in [2.05, 4.69) is 4.99 Å². The minimum Gasteiger partial charge on any atom is -0.378 e. The van der Waals surface area contributed by atoms with Crippen LogP contribution in [-0.4, -0.2) is 16.3 Å². The predicted octanol–water partition coefficient (Wildman–Crippen LogP) is 1.19. The molecule has 2 N–H and O–H groups in total. The maximum Gasteiger partial charge on any atom is 0.261 e. The van der Waals surface area contributed by atoms with Crippen molar-refractivity contribution in [3.05, 3.63) is 35.9 Å². The van der Waals surface area contributed by atoms with Gasteiger partial charge in [0.15, 0.2) is 5.17 Å². The average molecular weight is 206 g/mol. The number of rotatable bonds is 2. The molecular formula is C10H10N2OS. The van der Waals surface area contributed by atoms with E-state index >= 15 is 0 Å². The van der Waals surface area contributed by atoms with Gasteiger partial charge in [-0.25, -0.2) is 0 Å². The summed E-state index contributed by atoms with van der Waals surface area (Å²) < 4.78 is 0. The van der Waals surface area contributed by atoms with Crippen molar-refractivity contribution in [1.29, 1.82) is 0 Å². The Morgan fingerprint density at radius 1 is 1.36 bits per heavy atom. The lowest BCUT2D eigenvalue weighted by molar-refractivity contribution is -0.117. The zero-order valence-electron chi connectivity index (χ0n) is 7.51.